The van der Waals surface area contributed by atoms with Crippen LogP contribution < -0.4 is 15.4 Å². The van der Waals surface area contributed by atoms with E-state index in [1.165, 1.54) is 0 Å². The molecule has 1 spiro atoms. The molecule has 1 saturated carbocycles. The number of aromatic amines is 1. The lowest BCUT2D eigenvalue weighted by Gasteiger charge is -2.63. The predicted molar refractivity (Wildman–Crippen MR) is 193 cm³/mol. The van der Waals surface area contributed by atoms with E-state index in [0.717, 1.165) is 58.4 Å². The Hall–Kier alpha value is -3.74. The molecule has 11 nitrogen and oxygen atoms in total. The number of H-pyrrole nitrogens is 1. The molecule has 7 unspecified atom stereocenters. The number of nitrogens with one attached hydrogen (secondary N) is 1. The maximum Gasteiger partial charge on any atom is 0.254 e. The molecule has 6 heterocycles. The van der Waals surface area contributed by atoms with Crippen molar-refractivity contribution < 1.29 is 29.6 Å². The largest absolute Gasteiger partial charge is 0.496 e. The van der Waals surface area contributed by atoms with E-state index < -0.39 is 46.0 Å². The van der Waals surface area contributed by atoms with Gasteiger partial charge < -0.3 is 45.4 Å². The summed E-state index contributed by atoms with van der Waals surface area (Å²) in [5, 5.41) is 36.9. The molecule has 2 aromatic carbocycles. The van der Waals surface area contributed by atoms with Gasteiger partial charge in [-0.2, -0.15) is 0 Å². The van der Waals surface area contributed by atoms with Crippen LogP contribution in [0.5, 0.6) is 5.75 Å². The fourth-order valence-electron chi connectivity index (χ4n) is 12.3. The van der Waals surface area contributed by atoms with E-state index in [9.17, 15) is 24.9 Å². The number of aldehydes is 1. The normalized spacial score (nSPS) is 39.7. The molecule has 6 N–H and O–H groups in total. The number of carbonyl (C=O) groups is 2. The highest BCUT2D eigenvalue weighted by Crippen LogP contribution is 2.67. The third-order valence-electron chi connectivity index (χ3n) is 14.2. The van der Waals surface area contributed by atoms with E-state index in [2.05, 4.69) is 33.0 Å². The molecule has 3 aromatic rings. The Labute approximate surface area is 298 Å². The molecule has 10 atom stereocenters. The van der Waals surface area contributed by atoms with Crippen LogP contribution in [0.25, 0.3) is 10.9 Å². The van der Waals surface area contributed by atoms with Crippen LogP contribution in [-0.4, -0.2) is 119 Å². The van der Waals surface area contributed by atoms with Gasteiger partial charge in [0.05, 0.1) is 24.7 Å². The number of anilines is 1. The predicted octanol–water partition coefficient (Wildman–Crippen LogP) is 1.98. The van der Waals surface area contributed by atoms with E-state index in [1.54, 1.807) is 7.11 Å². The minimum atomic E-state index is -2.27. The number of ether oxygens (including phenoxy) is 1. The standard InChI is InChI=1S/C40H49N5O6/c1-4-37-11-7-13-45-15-12-39(33(37)45)27-17-28(31(51-3)18-30(27)43(2)34(39)40(50,35(37)48)36(41)49)38(22-46)19-23-16-24(47)21-44(20-23)14-10-26-25-8-5-6-9-29(25)42-32(26)38/h5-9,11,17-18,22-24,33-35,42,47-48,50H,4,10,12-16,19-21H2,1-3H3,(H2,41,49)/t23?,24?,33?,34?,35?,37-,38+,39?,40+/m1/s1. The van der Waals surface area contributed by atoms with Gasteiger partial charge in [-0.25, -0.2) is 0 Å². The lowest BCUT2D eigenvalue weighted by molar-refractivity contribution is -0.201. The Bertz CT molecular complexity index is 1980. The monoisotopic (exact) mass is 695 g/mol. The van der Waals surface area contributed by atoms with Gasteiger partial charge in [-0.1, -0.05) is 37.3 Å². The zero-order chi connectivity index (χ0) is 35.7. The van der Waals surface area contributed by atoms with Crippen LogP contribution in [0.1, 0.15) is 55.0 Å². The average molecular weight is 696 g/mol. The highest BCUT2D eigenvalue weighted by atomic mass is 16.5. The van der Waals surface area contributed by atoms with Gasteiger partial charge in [0.1, 0.15) is 18.1 Å². The van der Waals surface area contributed by atoms with Crippen LogP contribution in [0, 0.1) is 11.3 Å². The van der Waals surface area contributed by atoms with Gasteiger partial charge in [0, 0.05) is 84.0 Å². The number of hydrogen-bond donors (Lipinski definition) is 5. The van der Waals surface area contributed by atoms with Crippen LogP contribution >= 0.6 is 0 Å². The first-order valence-electron chi connectivity index (χ1n) is 18.5. The fourth-order valence-corrected chi connectivity index (χ4v) is 12.3. The van der Waals surface area contributed by atoms with Gasteiger partial charge in [-0.05, 0) is 67.8 Å². The number of para-hydroxylation sites is 1. The maximum absolute atomic E-state index is 14.3. The number of nitrogens with two attached hydrogens (primary N) is 1. The van der Waals surface area contributed by atoms with Crippen molar-refractivity contribution in [2.45, 2.75) is 79.8 Å². The number of aliphatic hydroxyl groups is 3. The molecule has 2 bridgehead atoms. The van der Waals surface area contributed by atoms with Crippen molar-refractivity contribution in [2.75, 3.05) is 51.8 Å². The van der Waals surface area contributed by atoms with Gasteiger partial charge >= 0.3 is 0 Å². The van der Waals surface area contributed by atoms with Crippen molar-refractivity contribution in [1.82, 2.24) is 14.8 Å². The number of piperidine rings is 1. The molecular formula is C40H49N5O6. The van der Waals surface area contributed by atoms with Gasteiger partial charge in [0.25, 0.3) is 5.91 Å². The second-order valence-electron chi connectivity index (χ2n) is 16.3. The number of methoxy groups -OCH3 is 1. The maximum atomic E-state index is 14.3. The number of primary amides is 1. The Morgan fingerprint density at radius 2 is 1.94 bits per heavy atom. The molecule has 3 fully saturated rings. The SMILES string of the molecule is CC[C@]12C=CCN3CCC4(c5cc([C@@]6(C=O)CC7CC(O)CN(CCc8c6[nH]c6ccccc86)C7)c(OC)cc5N(C)C4[C@@](O)(C(N)=O)C1O)C32. The summed E-state index contributed by atoms with van der Waals surface area (Å²) in [5.74, 6) is -0.382. The third kappa shape index (κ3) is 4.01. The smallest absolute Gasteiger partial charge is 0.254 e. The van der Waals surface area contributed by atoms with Crippen molar-refractivity contribution in [3.8, 4) is 5.75 Å². The molecule has 51 heavy (non-hydrogen) atoms. The second kappa shape index (κ2) is 11.1. The Morgan fingerprint density at radius 3 is 2.69 bits per heavy atom. The molecule has 1 amide bonds. The summed E-state index contributed by atoms with van der Waals surface area (Å²) in [4.78, 5) is 38.2. The molecule has 6 aliphatic rings. The summed E-state index contributed by atoms with van der Waals surface area (Å²) >= 11 is 0. The number of nitrogens with zero attached hydrogens (tertiary/aromatic N) is 3. The Morgan fingerprint density at radius 1 is 1.14 bits per heavy atom. The number of carbonyl (C=O) groups excluding carboxylic acids is 2. The van der Waals surface area contributed by atoms with Crippen LogP contribution in [0.3, 0.4) is 0 Å². The lowest BCUT2D eigenvalue weighted by Crippen LogP contribution is -2.81. The van der Waals surface area contributed by atoms with E-state index in [0.29, 0.717) is 57.5 Å². The average Bonchev–Trinajstić information content (AvgIpc) is 3.79. The van der Waals surface area contributed by atoms with Gasteiger partial charge in [0.15, 0.2) is 5.60 Å². The minimum Gasteiger partial charge on any atom is -0.496 e. The molecule has 5 aliphatic heterocycles. The quantitative estimate of drug-likeness (QED) is 0.199. The molecule has 2 saturated heterocycles. The van der Waals surface area contributed by atoms with Crippen LogP contribution in [0.4, 0.5) is 5.69 Å². The van der Waals surface area contributed by atoms with Crippen molar-refractivity contribution in [2.24, 2.45) is 17.1 Å². The van der Waals surface area contributed by atoms with Gasteiger partial charge in [0.2, 0.25) is 0 Å². The number of rotatable bonds is 5. The highest BCUT2D eigenvalue weighted by molar-refractivity contribution is 5.91. The summed E-state index contributed by atoms with van der Waals surface area (Å²) in [6.45, 7) is 5.57. The summed E-state index contributed by atoms with van der Waals surface area (Å²) in [6, 6.07) is 11.2. The molecule has 1 aliphatic carbocycles. The lowest BCUT2D eigenvalue weighted by atomic mass is 9.47. The molecule has 0 radical (unpaired) electrons. The molecule has 1 aromatic heterocycles. The van der Waals surface area contributed by atoms with E-state index in [4.69, 9.17) is 10.5 Å². The highest BCUT2D eigenvalue weighted by Gasteiger charge is 2.78. The molecule has 11 heteroatoms. The number of aromatic nitrogens is 1. The first kappa shape index (κ1) is 33.1. The zero-order valence-electron chi connectivity index (χ0n) is 29.6. The summed E-state index contributed by atoms with van der Waals surface area (Å²) in [5.41, 5.74) is 6.31. The Kier molecular flexibility index (Phi) is 7.23. The molecular weight excluding hydrogens is 646 g/mol. The van der Waals surface area contributed by atoms with Gasteiger partial charge in [-0.3, -0.25) is 9.69 Å². The number of fused-ring (bicyclic) bond motifs is 6. The second-order valence-corrected chi connectivity index (χ2v) is 16.3. The first-order valence-corrected chi connectivity index (χ1v) is 18.5. The number of hydrogen-bond acceptors (Lipinski definition) is 9. The van der Waals surface area contributed by atoms with Gasteiger partial charge in [-0.15, -0.1) is 0 Å². The number of aliphatic hydroxyl groups excluding tert-OH is 2. The molecule has 270 valence electrons. The molecule has 9 rings (SSSR count). The van der Waals surface area contributed by atoms with Crippen molar-refractivity contribution in [1.29, 1.82) is 0 Å². The number of likely N-dealkylation sites (N-methyl/N-ethyl adjacent to an activating group) is 1. The fraction of sp³-hybridized carbons (Fsp3) is 0.550. The summed E-state index contributed by atoms with van der Waals surface area (Å²) < 4.78 is 6.23. The Balaban J connectivity index is 1.34. The van der Waals surface area contributed by atoms with Crippen LogP contribution in [-0.2, 0) is 26.8 Å². The van der Waals surface area contributed by atoms with Crippen molar-refractivity contribution in [3.05, 3.63) is 70.9 Å². The summed E-state index contributed by atoms with van der Waals surface area (Å²) in [7, 11) is 3.48. The summed E-state index contributed by atoms with van der Waals surface area (Å²) in [6.07, 6.45) is 6.12. The zero-order valence-corrected chi connectivity index (χ0v) is 29.6. The van der Waals surface area contributed by atoms with Crippen LogP contribution in [0.2, 0.25) is 0 Å². The van der Waals surface area contributed by atoms with Crippen molar-refractivity contribution in [3.63, 3.8) is 0 Å². The third-order valence-corrected chi connectivity index (χ3v) is 14.2. The minimum absolute atomic E-state index is 0.0332. The van der Waals surface area contributed by atoms with Crippen molar-refractivity contribution >= 4 is 28.8 Å². The van der Waals surface area contributed by atoms with E-state index in [1.807, 2.05) is 49.2 Å². The first-order chi connectivity index (χ1) is 24.5. The topological polar surface area (TPSA) is 156 Å². The number of amides is 1. The van der Waals surface area contributed by atoms with E-state index >= 15 is 0 Å². The van der Waals surface area contributed by atoms with E-state index in [-0.39, 0.29) is 12.0 Å². The van der Waals surface area contributed by atoms with Crippen LogP contribution in [0.15, 0.2) is 48.6 Å². The number of benzene rings is 2.